The van der Waals surface area contributed by atoms with E-state index in [0.29, 0.717) is 12.8 Å². The van der Waals surface area contributed by atoms with E-state index in [2.05, 4.69) is 20.1 Å². The molecule has 0 spiro atoms. The average molecular weight is 431 g/mol. The summed E-state index contributed by atoms with van der Waals surface area (Å²) >= 11 is 0. The standard InChI is InChI=1S/C19H33N3O8/c1-7-8-9-13(17(26)29-6)21-14(23)11-22(12-16(25)30-19(2,3)4)18(27)20-10-15(24)28-5/h13H,7-12H2,1-6H3,(H,20,27)(H,21,23). The highest BCUT2D eigenvalue weighted by Gasteiger charge is 2.27. The first-order valence-electron chi connectivity index (χ1n) is 9.62. The van der Waals surface area contributed by atoms with E-state index in [1.54, 1.807) is 20.8 Å². The molecule has 0 fully saturated rings. The molecule has 0 heterocycles. The molecule has 0 rings (SSSR count). The van der Waals surface area contributed by atoms with Crippen LogP contribution in [0.25, 0.3) is 0 Å². The van der Waals surface area contributed by atoms with Crippen LogP contribution in [-0.4, -0.2) is 80.2 Å². The van der Waals surface area contributed by atoms with E-state index in [9.17, 15) is 24.0 Å². The first-order valence-corrected chi connectivity index (χ1v) is 9.62. The lowest BCUT2D eigenvalue weighted by molar-refractivity contribution is -0.155. The minimum Gasteiger partial charge on any atom is -0.468 e. The van der Waals surface area contributed by atoms with Gasteiger partial charge in [-0.3, -0.25) is 14.4 Å². The second kappa shape index (κ2) is 13.4. The first kappa shape index (κ1) is 27.1. The van der Waals surface area contributed by atoms with Gasteiger partial charge in [-0.2, -0.15) is 0 Å². The Bertz CT molecular complexity index is 615. The Morgan fingerprint density at radius 2 is 1.60 bits per heavy atom. The van der Waals surface area contributed by atoms with E-state index >= 15 is 0 Å². The number of urea groups is 1. The number of carbonyl (C=O) groups excluding carboxylic acids is 5. The summed E-state index contributed by atoms with van der Waals surface area (Å²) in [5.74, 6) is -2.71. The lowest BCUT2D eigenvalue weighted by Gasteiger charge is -2.25. The predicted octanol–water partition coefficient (Wildman–Crippen LogP) is 0.361. The van der Waals surface area contributed by atoms with Crippen molar-refractivity contribution in [1.29, 1.82) is 0 Å². The molecule has 3 amide bonds. The summed E-state index contributed by atoms with van der Waals surface area (Å²) in [4.78, 5) is 60.9. The molecular formula is C19H33N3O8. The highest BCUT2D eigenvalue weighted by atomic mass is 16.6. The van der Waals surface area contributed by atoms with E-state index in [1.165, 1.54) is 7.11 Å². The number of amides is 3. The molecule has 0 bridgehead atoms. The number of esters is 3. The Morgan fingerprint density at radius 1 is 0.967 bits per heavy atom. The van der Waals surface area contributed by atoms with Crippen LogP contribution in [0.1, 0.15) is 47.0 Å². The summed E-state index contributed by atoms with van der Waals surface area (Å²) in [7, 11) is 2.37. The van der Waals surface area contributed by atoms with Crippen LogP contribution in [0.4, 0.5) is 4.79 Å². The molecule has 0 aromatic carbocycles. The zero-order chi connectivity index (χ0) is 23.3. The van der Waals surface area contributed by atoms with Gasteiger partial charge in [-0.05, 0) is 27.2 Å². The average Bonchev–Trinajstić information content (AvgIpc) is 2.66. The topological polar surface area (TPSA) is 140 Å². The van der Waals surface area contributed by atoms with Crippen LogP contribution in [0.3, 0.4) is 0 Å². The smallest absolute Gasteiger partial charge is 0.328 e. The molecule has 0 aliphatic heterocycles. The largest absolute Gasteiger partial charge is 0.468 e. The zero-order valence-electron chi connectivity index (χ0n) is 18.5. The van der Waals surface area contributed by atoms with Crippen molar-refractivity contribution in [3.63, 3.8) is 0 Å². The van der Waals surface area contributed by atoms with E-state index in [0.717, 1.165) is 18.4 Å². The summed E-state index contributed by atoms with van der Waals surface area (Å²) in [5.41, 5.74) is -0.788. The van der Waals surface area contributed by atoms with E-state index < -0.39 is 61.1 Å². The van der Waals surface area contributed by atoms with Crippen LogP contribution in [0.2, 0.25) is 0 Å². The number of methoxy groups -OCH3 is 2. The van der Waals surface area contributed by atoms with E-state index in [-0.39, 0.29) is 0 Å². The minimum absolute atomic E-state index is 0.371. The molecule has 0 aliphatic carbocycles. The number of hydrogen-bond acceptors (Lipinski definition) is 8. The molecule has 1 atom stereocenters. The fourth-order valence-corrected chi connectivity index (χ4v) is 2.27. The normalized spacial score (nSPS) is 11.7. The molecule has 0 aromatic rings. The molecule has 0 saturated carbocycles. The summed E-state index contributed by atoms with van der Waals surface area (Å²) < 4.78 is 14.3. The molecule has 172 valence electrons. The van der Waals surface area contributed by atoms with Crippen LogP contribution >= 0.6 is 0 Å². The highest BCUT2D eigenvalue weighted by Crippen LogP contribution is 2.08. The molecule has 0 aliphatic rings. The lowest BCUT2D eigenvalue weighted by atomic mass is 10.1. The number of hydrogen-bond donors (Lipinski definition) is 2. The van der Waals surface area contributed by atoms with Gasteiger partial charge < -0.3 is 29.7 Å². The Morgan fingerprint density at radius 3 is 2.10 bits per heavy atom. The molecule has 2 N–H and O–H groups in total. The number of ether oxygens (including phenoxy) is 3. The van der Waals surface area contributed by atoms with Crippen molar-refractivity contribution in [2.45, 2.75) is 58.6 Å². The Hall–Kier alpha value is -2.85. The summed E-state index contributed by atoms with van der Waals surface area (Å²) in [6, 6.07) is -1.71. The van der Waals surface area contributed by atoms with Crippen molar-refractivity contribution >= 4 is 29.8 Å². The number of carbonyl (C=O) groups is 5. The second-order valence-corrected chi connectivity index (χ2v) is 7.46. The Balaban J connectivity index is 5.20. The van der Waals surface area contributed by atoms with Crippen molar-refractivity contribution < 1.29 is 38.2 Å². The van der Waals surface area contributed by atoms with E-state index in [4.69, 9.17) is 4.74 Å². The van der Waals surface area contributed by atoms with Gasteiger partial charge in [-0.15, -0.1) is 0 Å². The fraction of sp³-hybridized carbons (Fsp3) is 0.737. The quantitative estimate of drug-likeness (QED) is 0.353. The predicted molar refractivity (Wildman–Crippen MR) is 106 cm³/mol. The fourth-order valence-electron chi connectivity index (χ4n) is 2.27. The molecule has 0 aromatic heterocycles. The van der Waals surface area contributed by atoms with Crippen molar-refractivity contribution in [2.24, 2.45) is 0 Å². The molecule has 11 heteroatoms. The van der Waals surface area contributed by atoms with Gasteiger partial charge in [-0.25, -0.2) is 9.59 Å². The lowest BCUT2D eigenvalue weighted by Crippen LogP contribution is -2.51. The second-order valence-electron chi connectivity index (χ2n) is 7.46. The summed E-state index contributed by atoms with van der Waals surface area (Å²) in [5, 5.41) is 4.77. The van der Waals surface area contributed by atoms with Gasteiger partial charge >= 0.3 is 23.9 Å². The minimum atomic E-state index is -0.871. The summed E-state index contributed by atoms with van der Waals surface area (Å²) in [6.07, 6.45) is 1.86. The first-order chi connectivity index (χ1) is 13.9. The van der Waals surface area contributed by atoms with Crippen molar-refractivity contribution in [3.8, 4) is 0 Å². The van der Waals surface area contributed by atoms with Crippen LogP contribution in [0, 0.1) is 0 Å². The third-order valence-corrected chi connectivity index (χ3v) is 3.64. The van der Waals surface area contributed by atoms with Crippen molar-refractivity contribution in [2.75, 3.05) is 33.9 Å². The molecule has 30 heavy (non-hydrogen) atoms. The molecule has 11 nitrogen and oxygen atoms in total. The van der Waals surface area contributed by atoms with Crippen LogP contribution in [-0.2, 0) is 33.4 Å². The maximum absolute atomic E-state index is 12.4. The van der Waals surface area contributed by atoms with Gasteiger partial charge in [0.25, 0.3) is 0 Å². The van der Waals surface area contributed by atoms with Crippen LogP contribution in [0.5, 0.6) is 0 Å². The number of nitrogens with one attached hydrogen (secondary N) is 2. The van der Waals surface area contributed by atoms with Crippen molar-refractivity contribution in [3.05, 3.63) is 0 Å². The Labute approximate surface area is 176 Å². The maximum Gasteiger partial charge on any atom is 0.328 e. The molecule has 0 saturated heterocycles. The van der Waals surface area contributed by atoms with Gasteiger partial charge in [0.05, 0.1) is 14.2 Å². The molecule has 1 unspecified atom stereocenters. The highest BCUT2D eigenvalue weighted by molar-refractivity contribution is 5.90. The molecular weight excluding hydrogens is 398 g/mol. The van der Waals surface area contributed by atoms with Crippen LogP contribution < -0.4 is 10.6 Å². The SMILES string of the molecule is CCCCC(NC(=O)CN(CC(=O)OC(C)(C)C)C(=O)NCC(=O)OC)C(=O)OC. The van der Waals surface area contributed by atoms with Gasteiger partial charge in [0.1, 0.15) is 31.3 Å². The monoisotopic (exact) mass is 431 g/mol. The zero-order valence-corrected chi connectivity index (χ0v) is 18.5. The van der Waals surface area contributed by atoms with Crippen molar-refractivity contribution in [1.82, 2.24) is 15.5 Å². The van der Waals surface area contributed by atoms with Gasteiger partial charge in [0.2, 0.25) is 5.91 Å². The number of nitrogens with zero attached hydrogens (tertiary/aromatic N) is 1. The van der Waals surface area contributed by atoms with E-state index in [1.807, 2.05) is 6.92 Å². The number of rotatable bonds is 11. The third-order valence-electron chi connectivity index (χ3n) is 3.64. The Kier molecular flexibility index (Phi) is 12.1. The third kappa shape index (κ3) is 11.9. The van der Waals surface area contributed by atoms with Gasteiger partial charge in [-0.1, -0.05) is 19.8 Å². The van der Waals surface area contributed by atoms with Gasteiger partial charge in [0, 0.05) is 0 Å². The van der Waals surface area contributed by atoms with Gasteiger partial charge in [0.15, 0.2) is 0 Å². The molecule has 0 radical (unpaired) electrons. The number of unbranched alkanes of at least 4 members (excludes halogenated alkanes) is 1. The maximum atomic E-state index is 12.4. The van der Waals surface area contributed by atoms with Crippen LogP contribution in [0.15, 0.2) is 0 Å². The summed E-state index contributed by atoms with van der Waals surface area (Å²) in [6.45, 7) is 5.41.